The third kappa shape index (κ3) is 2.65. The fraction of sp³-hybridized carbons (Fsp3) is 0.125. The maximum Gasteiger partial charge on any atom is 0.418 e. The lowest BCUT2D eigenvalue weighted by Crippen LogP contribution is -2.20. The molecule has 3 aromatic rings. The normalized spacial score (nSPS) is 13.3. The van der Waals surface area contributed by atoms with E-state index in [1.165, 1.54) is 12.3 Å². The van der Waals surface area contributed by atoms with Crippen molar-refractivity contribution in [2.24, 2.45) is 5.73 Å². The summed E-state index contributed by atoms with van der Waals surface area (Å²) in [7, 11) is 0. The van der Waals surface area contributed by atoms with E-state index in [1.807, 2.05) is 6.07 Å². The van der Waals surface area contributed by atoms with Gasteiger partial charge in [0.2, 0.25) is 0 Å². The van der Waals surface area contributed by atoms with Crippen molar-refractivity contribution in [3.05, 3.63) is 71.7 Å². The lowest BCUT2D eigenvalue weighted by molar-refractivity contribution is -0.138. The lowest BCUT2D eigenvalue weighted by atomic mass is 9.98. The van der Waals surface area contributed by atoms with E-state index in [2.05, 4.69) is 9.97 Å². The van der Waals surface area contributed by atoms with Gasteiger partial charge in [0.1, 0.15) is 0 Å². The molecule has 2 N–H and O–H groups in total. The number of alkyl halides is 3. The zero-order valence-corrected chi connectivity index (χ0v) is 11.4. The second kappa shape index (κ2) is 5.38. The van der Waals surface area contributed by atoms with Gasteiger partial charge in [0.25, 0.3) is 0 Å². The predicted octanol–water partition coefficient (Wildman–Crippen LogP) is 3.70. The number of rotatable bonds is 2. The Hall–Kier alpha value is -2.47. The lowest BCUT2D eigenvalue weighted by Gasteiger charge is -2.17. The van der Waals surface area contributed by atoms with Crippen LogP contribution in [-0.2, 0) is 6.18 Å². The fourth-order valence-electron chi connectivity index (χ4n) is 2.35. The van der Waals surface area contributed by atoms with Crippen LogP contribution in [0.4, 0.5) is 13.2 Å². The maximum absolute atomic E-state index is 13.1. The molecule has 1 aromatic carbocycles. The molecule has 1 atom stereocenters. The summed E-state index contributed by atoms with van der Waals surface area (Å²) in [6.45, 7) is 0. The summed E-state index contributed by atoms with van der Waals surface area (Å²) in [6, 6.07) is 10.0. The molecule has 0 bridgehead atoms. The minimum Gasteiger partial charge on any atom is -0.319 e. The largest absolute Gasteiger partial charge is 0.418 e. The van der Waals surface area contributed by atoms with Crippen molar-refractivity contribution in [2.75, 3.05) is 0 Å². The Morgan fingerprint density at radius 1 is 0.955 bits per heavy atom. The van der Waals surface area contributed by atoms with Crippen LogP contribution in [-0.4, -0.2) is 9.97 Å². The summed E-state index contributed by atoms with van der Waals surface area (Å²) in [4.78, 5) is 8.02. The average molecular weight is 303 g/mol. The zero-order valence-electron chi connectivity index (χ0n) is 11.4. The highest BCUT2D eigenvalue weighted by atomic mass is 19.4. The molecule has 0 radical (unpaired) electrons. The predicted molar refractivity (Wildman–Crippen MR) is 77.0 cm³/mol. The minimum atomic E-state index is -4.49. The molecule has 112 valence electrons. The van der Waals surface area contributed by atoms with E-state index < -0.39 is 17.8 Å². The number of pyridine rings is 2. The molecule has 0 aliphatic rings. The SMILES string of the molecule is NC(c1ccc2ncccc2c1)c1ncccc1C(F)(F)F. The van der Waals surface area contributed by atoms with Crippen LogP contribution in [0.15, 0.2) is 54.9 Å². The molecule has 0 amide bonds. The maximum atomic E-state index is 13.1. The monoisotopic (exact) mass is 303 g/mol. The highest BCUT2D eigenvalue weighted by molar-refractivity contribution is 5.79. The van der Waals surface area contributed by atoms with Gasteiger partial charge in [0.05, 0.1) is 22.8 Å². The van der Waals surface area contributed by atoms with Crippen LogP contribution < -0.4 is 5.73 Å². The third-order valence-corrected chi connectivity index (χ3v) is 3.42. The van der Waals surface area contributed by atoms with E-state index in [0.717, 1.165) is 17.0 Å². The molecule has 0 saturated carbocycles. The van der Waals surface area contributed by atoms with Crippen LogP contribution in [0.3, 0.4) is 0 Å². The van der Waals surface area contributed by atoms with E-state index in [9.17, 15) is 13.2 Å². The van der Waals surface area contributed by atoms with Gasteiger partial charge in [-0.15, -0.1) is 0 Å². The van der Waals surface area contributed by atoms with Gasteiger partial charge in [-0.3, -0.25) is 9.97 Å². The molecule has 0 aliphatic carbocycles. The van der Waals surface area contributed by atoms with Crippen molar-refractivity contribution >= 4 is 10.9 Å². The smallest absolute Gasteiger partial charge is 0.319 e. The Labute approximate surface area is 124 Å². The highest BCUT2D eigenvalue weighted by Crippen LogP contribution is 2.34. The Morgan fingerprint density at radius 2 is 1.68 bits per heavy atom. The van der Waals surface area contributed by atoms with Crippen molar-refractivity contribution in [2.45, 2.75) is 12.2 Å². The molecule has 3 rings (SSSR count). The van der Waals surface area contributed by atoms with E-state index >= 15 is 0 Å². The van der Waals surface area contributed by atoms with Gasteiger partial charge < -0.3 is 5.73 Å². The average Bonchev–Trinajstić information content (AvgIpc) is 2.53. The number of hydrogen-bond donors (Lipinski definition) is 1. The molecule has 0 saturated heterocycles. The number of nitrogens with two attached hydrogens (primary N) is 1. The summed E-state index contributed by atoms with van der Waals surface area (Å²) < 4.78 is 39.2. The summed E-state index contributed by atoms with van der Waals surface area (Å²) in [6.07, 6.45) is -1.52. The highest BCUT2D eigenvalue weighted by Gasteiger charge is 2.35. The van der Waals surface area contributed by atoms with Gasteiger partial charge in [-0.05, 0) is 35.9 Å². The van der Waals surface area contributed by atoms with Crippen LogP contribution in [0.1, 0.15) is 22.9 Å². The number of hydrogen-bond acceptors (Lipinski definition) is 3. The first kappa shape index (κ1) is 14.5. The van der Waals surface area contributed by atoms with Crippen molar-refractivity contribution in [3.8, 4) is 0 Å². The van der Waals surface area contributed by atoms with E-state index in [0.29, 0.717) is 5.56 Å². The van der Waals surface area contributed by atoms with Crippen LogP contribution in [0.5, 0.6) is 0 Å². The van der Waals surface area contributed by atoms with Gasteiger partial charge in [-0.1, -0.05) is 12.1 Å². The third-order valence-electron chi connectivity index (χ3n) is 3.42. The first-order valence-electron chi connectivity index (χ1n) is 6.59. The molecule has 1 unspecified atom stereocenters. The Bertz CT molecular complexity index is 815. The molecule has 22 heavy (non-hydrogen) atoms. The molecule has 3 nitrogen and oxygen atoms in total. The van der Waals surface area contributed by atoms with Gasteiger partial charge >= 0.3 is 6.18 Å². The van der Waals surface area contributed by atoms with E-state index in [4.69, 9.17) is 5.73 Å². The second-order valence-electron chi connectivity index (χ2n) is 4.87. The van der Waals surface area contributed by atoms with Crippen LogP contribution in [0.2, 0.25) is 0 Å². The summed E-state index contributed by atoms with van der Waals surface area (Å²) >= 11 is 0. The number of nitrogens with zero attached hydrogens (tertiary/aromatic N) is 2. The Morgan fingerprint density at radius 3 is 2.45 bits per heavy atom. The summed E-state index contributed by atoms with van der Waals surface area (Å²) in [5.74, 6) is 0. The molecular weight excluding hydrogens is 291 g/mol. The second-order valence-corrected chi connectivity index (χ2v) is 4.87. The molecule has 0 aliphatic heterocycles. The number of fused-ring (bicyclic) bond motifs is 1. The molecule has 0 fully saturated rings. The van der Waals surface area contributed by atoms with Crippen molar-refractivity contribution < 1.29 is 13.2 Å². The Kier molecular flexibility index (Phi) is 3.54. The number of halogens is 3. The minimum absolute atomic E-state index is 0.182. The number of aromatic nitrogens is 2. The first-order valence-corrected chi connectivity index (χ1v) is 6.59. The standard InChI is InChI=1S/C16H12F3N3/c17-16(18,19)12-4-2-8-22-15(12)14(20)11-5-6-13-10(9-11)3-1-7-21-13/h1-9,14H,20H2. The topological polar surface area (TPSA) is 51.8 Å². The van der Waals surface area contributed by atoms with Crippen molar-refractivity contribution in [1.29, 1.82) is 0 Å². The van der Waals surface area contributed by atoms with Crippen LogP contribution in [0, 0.1) is 0 Å². The van der Waals surface area contributed by atoms with Crippen molar-refractivity contribution in [1.82, 2.24) is 9.97 Å². The van der Waals surface area contributed by atoms with Gasteiger partial charge in [-0.2, -0.15) is 13.2 Å². The Balaban J connectivity index is 2.08. The van der Waals surface area contributed by atoms with E-state index in [1.54, 1.807) is 30.5 Å². The number of benzene rings is 1. The van der Waals surface area contributed by atoms with Gasteiger partial charge in [-0.25, -0.2) is 0 Å². The molecule has 2 aromatic heterocycles. The van der Waals surface area contributed by atoms with Crippen LogP contribution in [0.25, 0.3) is 10.9 Å². The molecular formula is C16H12F3N3. The fourth-order valence-corrected chi connectivity index (χ4v) is 2.35. The zero-order chi connectivity index (χ0) is 15.7. The first-order chi connectivity index (χ1) is 10.5. The van der Waals surface area contributed by atoms with Crippen LogP contribution >= 0.6 is 0 Å². The quantitative estimate of drug-likeness (QED) is 0.785. The summed E-state index contributed by atoms with van der Waals surface area (Å²) in [5, 5.41) is 0.819. The van der Waals surface area contributed by atoms with Gasteiger partial charge in [0.15, 0.2) is 0 Å². The summed E-state index contributed by atoms with van der Waals surface area (Å²) in [5.41, 5.74) is 6.35. The van der Waals surface area contributed by atoms with Crippen molar-refractivity contribution in [3.63, 3.8) is 0 Å². The molecule has 2 heterocycles. The van der Waals surface area contributed by atoms with Gasteiger partial charge in [0, 0.05) is 17.8 Å². The molecule has 0 spiro atoms. The molecule has 6 heteroatoms. The van der Waals surface area contributed by atoms with E-state index in [-0.39, 0.29) is 5.69 Å².